The van der Waals surface area contributed by atoms with Gasteiger partial charge in [-0.1, -0.05) is 0 Å². The van der Waals surface area contributed by atoms with Crippen LogP contribution in [-0.4, -0.2) is 41.9 Å². The third-order valence-corrected chi connectivity index (χ3v) is 2.20. The topological polar surface area (TPSA) is 87.7 Å². The highest BCUT2D eigenvalue weighted by molar-refractivity contribution is 5.77. The first-order valence-electron chi connectivity index (χ1n) is 5.19. The van der Waals surface area contributed by atoms with Crippen molar-refractivity contribution >= 4 is 12.0 Å². The maximum atomic E-state index is 11.5. The minimum absolute atomic E-state index is 0.149. The van der Waals surface area contributed by atoms with Gasteiger partial charge in [0.05, 0.1) is 19.3 Å². The lowest BCUT2D eigenvalue weighted by Gasteiger charge is -2.23. The molecule has 2 unspecified atom stereocenters. The molecule has 1 rings (SSSR count). The molecule has 0 spiro atoms. The Bertz CT molecular complexity index is 285. The Labute approximate surface area is 94.3 Å². The Kier molecular flexibility index (Phi) is 3.74. The molecular weight excluding hydrogens is 212 g/mol. The van der Waals surface area contributed by atoms with Crippen molar-refractivity contribution in [2.75, 3.05) is 13.2 Å². The smallest absolute Gasteiger partial charge is 0.315 e. The zero-order valence-corrected chi connectivity index (χ0v) is 9.74. The minimum Gasteiger partial charge on any atom is -0.481 e. The Morgan fingerprint density at radius 3 is 2.44 bits per heavy atom. The largest absolute Gasteiger partial charge is 0.481 e. The van der Waals surface area contributed by atoms with Crippen molar-refractivity contribution in [3.05, 3.63) is 0 Å². The van der Waals surface area contributed by atoms with Crippen LogP contribution in [-0.2, 0) is 9.53 Å². The second-order valence-corrected chi connectivity index (χ2v) is 4.94. The lowest BCUT2D eigenvalue weighted by Crippen LogP contribution is -2.52. The summed E-state index contributed by atoms with van der Waals surface area (Å²) in [5.41, 5.74) is -0.345. The molecule has 1 aliphatic rings. The van der Waals surface area contributed by atoms with Crippen molar-refractivity contribution in [1.82, 2.24) is 10.6 Å². The number of carbonyl (C=O) groups is 2. The van der Waals surface area contributed by atoms with E-state index in [1.54, 1.807) is 0 Å². The summed E-state index contributed by atoms with van der Waals surface area (Å²) in [6, 6.07) is -0.825. The van der Waals surface area contributed by atoms with Crippen LogP contribution < -0.4 is 10.6 Å². The van der Waals surface area contributed by atoms with Gasteiger partial charge in [-0.05, 0) is 20.8 Å². The fourth-order valence-electron chi connectivity index (χ4n) is 1.48. The molecule has 0 aromatic heterocycles. The van der Waals surface area contributed by atoms with Crippen molar-refractivity contribution in [3.63, 3.8) is 0 Å². The zero-order valence-electron chi connectivity index (χ0n) is 9.74. The van der Waals surface area contributed by atoms with Crippen LogP contribution in [0, 0.1) is 5.92 Å². The van der Waals surface area contributed by atoms with Gasteiger partial charge < -0.3 is 20.5 Å². The summed E-state index contributed by atoms with van der Waals surface area (Å²) >= 11 is 0. The number of carbonyl (C=O) groups excluding carboxylic acids is 1. The Morgan fingerprint density at radius 1 is 1.31 bits per heavy atom. The summed E-state index contributed by atoms with van der Waals surface area (Å²) in [6.07, 6.45) is 0. The van der Waals surface area contributed by atoms with Gasteiger partial charge in [0, 0.05) is 5.54 Å². The number of amides is 2. The first-order chi connectivity index (χ1) is 7.29. The maximum Gasteiger partial charge on any atom is 0.315 e. The molecule has 0 aliphatic carbocycles. The SMILES string of the molecule is CC(C)(C)NC(=O)NC1COCC1C(=O)O. The van der Waals surface area contributed by atoms with E-state index in [-0.39, 0.29) is 24.8 Å². The summed E-state index contributed by atoms with van der Waals surface area (Å²) in [7, 11) is 0. The van der Waals surface area contributed by atoms with Crippen molar-refractivity contribution in [3.8, 4) is 0 Å². The summed E-state index contributed by atoms with van der Waals surface area (Å²) in [4.78, 5) is 22.3. The molecule has 2 amide bonds. The standard InChI is InChI=1S/C10H18N2O4/c1-10(2,3)12-9(15)11-7-5-16-4-6(7)8(13)14/h6-7H,4-5H2,1-3H3,(H,13,14)(H2,11,12,15). The molecule has 0 radical (unpaired) electrons. The molecule has 6 heteroatoms. The normalized spacial score (nSPS) is 25.2. The third-order valence-electron chi connectivity index (χ3n) is 2.20. The van der Waals surface area contributed by atoms with Crippen LogP contribution >= 0.6 is 0 Å². The highest BCUT2D eigenvalue weighted by atomic mass is 16.5. The Hall–Kier alpha value is -1.30. The van der Waals surface area contributed by atoms with Crippen LogP contribution in [0.15, 0.2) is 0 Å². The average molecular weight is 230 g/mol. The average Bonchev–Trinajstić information content (AvgIpc) is 2.47. The maximum absolute atomic E-state index is 11.5. The number of aliphatic carboxylic acids is 1. The van der Waals surface area contributed by atoms with Crippen molar-refractivity contribution in [1.29, 1.82) is 0 Å². The molecule has 1 heterocycles. The molecule has 6 nitrogen and oxygen atoms in total. The fourth-order valence-corrected chi connectivity index (χ4v) is 1.48. The number of carboxylic acid groups (broad SMARTS) is 1. The number of hydrogen-bond donors (Lipinski definition) is 3. The van der Waals surface area contributed by atoms with Gasteiger partial charge in [0.2, 0.25) is 0 Å². The quantitative estimate of drug-likeness (QED) is 0.631. The predicted octanol–water partition coefficient (Wildman–Crippen LogP) is 0.184. The van der Waals surface area contributed by atoms with Crippen LogP contribution in [0.25, 0.3) is 0 Å². The number of nitrogens with one attached hydrogen (secondary N) is 2. The first kappa shape index (κ1) is 12.8. The third kappa shape index (κ3) is 3.69. The van der Waals surface area contributed by atoms with Crippen molar-refractivity contribution in [2.45, 2.75) is 32.4 Å². The summed E-state index contributed by atoms with van der Waals surface area (Å²) in [6.45, 7) is 5.95. The minimum atomic E-state index is -0.946. The van der Waals surface area contributed by atoms with Crippen LogP contribution in [0.4, 0.5) is 4.79 Å². The van der Waals surface area contributed by atoms with E-state index >= 15 is 0 Å². The van der Waals surface area contributed by atoms with Crippen molar-refractivity contribution < 1.29 is 19.4 Å². The molecule has 0 aromatic rings. The van der Waals surface area contributed by atoms with Crippen LogP contribution in [0.1, 0.15) is 20.8 Å². The molecule has 0 aromatic carbocycles. The number of carboxylic acids is 1. The van der Waals surface area contributed by atoms with E-state index in [1.165, 1.54) is 0 Å². The molecule has 1 saturated heterocycles. The molecule has 1 aliphatic heterocycles. The molecule has 92 valence electrons. The molecular formula is C10H18N2O4. The highest BCUT2D eigenvalue weighted by Gasteiger charge is 2.35. The van der Waals surface area contributed by atoms with Gasteiger partial charge in [0.1, 0.15) is 5.92 Å². The number of rotatable bonds is 2. The van der Waals surface area contributed by atoms with Gasteiger partial charge in [-0.15, -0.1) is 0 Å². The van der Waals surface area contributed by atoms with E-state index in [1.807, 2.05) is 20.8 Å². The predicted molar refractivity (Wildman–Crippen MR) is 57.2 cm³/mol. The van der Waals surface area contributed by atoms with E-state index in [9.17, 15) is 9.59 Å². The molecule has 1 fully saturated rings. The highest BCUT2D eigenvalue weighted by Crippen LogP contribution is 2.13. The van der Waals surface area contributed by atoms with E-state index < -0.39 is 17.9 Å². The van der Waals surface area contributed by atoms with E-state index in [0.717, 1.165) is 0 Å². The number of ether oxygens (including phenoxy) is 1. The Morgan fingerprint density at radius 2 is 1.94 bits per heavy atom. The lowest BCUT2D eigenvalue weighted by molar-refractivity contribution is -0.142. The molecule has 0 bridgehead atoms. The fraction of sp³-hybridized carbons (Fsp3) is 0.800. The summed E-state index contributed by atoms with van der Waals surface area (Å²) in [5, 5.41) is 14.2. The van der Waals surface area contributed by atoms with Gasteiger partial charge in [-0.25, -0.2) is 4.79 Å². The van der Waals surface area contributed by atoms with Crippen LogP contribution in [0.5, 0.6) is 0 Å². The van der Waals surface area contributed by atoms with E-state index in [2.05, 4.69) is 10.6 Å². The monoisotopic (exact) mass is 230 g/mol. The molecule has 16 heavy (non-hydrogen) atoms. The van der Waals surface area contributed by atoms with Crippen LogP contribution in [0.2, 0.25) is 0 Å². The Balaban J connectivity index is 2.47. The van der Waals surface area contributed by atoms with E-state index in [0.29, 0.717) is 0 Å². The van der Waals surface area contributed by atoms with Crippen molar-refractivity contribution in [2.24, 2.45) is 5.92 Å². The second-order valence-electron chi connectivity index (χ2n) is 4.94. The number of hydrogen-bond acceptors (Lipinski definition) is 3. The number of urea groups is 1. The van der Waals surface area contributed by atoms with Gasteiger partial charge in [-0.3, -0.25) is 4.79 Å². The molecule has 2 atom stereocenters. The summed E-state index contributed by atoms with van der Waals surface area (Å²) in [5.74, 6) is -1.61. The van der Waals surface area contributed by atoms with Gasteiger partial charge in [0.15, 0.2) is 0 Å². The van der Waals surface area contributed by atoms with Gasteiger partial charge in [0.25, 0.3) is 0 Å². The van der Waals surface area contributed by atoms with Gasteiger partial charge >= 0.3 is 12.0 Å². The summed E-state index contributed by atoms with van der Waals surface area (Å²) < 4.78 is 5.04. The molecule has 3 N–H and O–H groups in total. The second kappa shape index (κ2) is 4.69. The van der Waals surface area contributed by atoms with E-state index in [4.69, 9.17) is 9.84 Å². The van der Waals surface area contributed by atoms with Crippen LogP contribution in [0.3, 0.4) is 0 Å². The van der Waals surface area contributed by atoms with Gasteiger partial charge in [-0.2, -0.15) is 0 Å². The first-order valence-corrected chi connectivity index (χ1v) is 5.19. The zero-order chi connectivity index (χ0) is 12.3. The molecule has 0 saturated carbocycles. The lowest BCUT2D eigenvalue weighted by atomic mass is 10.0.